The fourth-order valence-corrected chi connectivity index (χ4v) is 3.42. The summed E-state index contributed by atoms with van der Waals surface area (Å²) in [6, 6.07) is -0.434. The molecule has 1 N–H and O–H groups in total. The second kappa shape index (κ2) is 5.29. The van der Waals surface area contributed by atoms with Crippen molar-refractivity contribution in [1.82, 2.24) is 15.1 Å². The average molecular weight is 295 g/mol. The number of amides is 4. The molecule has 2 aliphatic heterocycles. The Morgan fingerprint density at radius 2 is 2.10 bits per heavy atom. The van der Waals surface area contributed by atoms with Gasteiger partial charge < -0.3 is 15.0 Å². The van der Waals surface area contributed by atoms with Crippen molar-refractivity contribution < 1.29 is 19.1 Å². The number of hydrogen-bond acceptors (Lipinski definition) is 4. The summed E-state index contributed by atoms with van der Waals surface area (Å²) in [6.07, 6.45) is 3.23. The fraction of sp³-hybridized carbons (Fsp3) is 0.786. The first-order valence-electron chi connectivity index (χ1n) is 7.55. The Labute approximate surface area is 123 Å². The van der Waals surface area contributed by atoms with E-state index in [4.69, 9.17) is 4.74 Å². The number of ether oxygens (including phenoxy) is 1. The fourth-order valence-electron chi connectivity index (χ4n) is 3.42. The first kappa shape index (κ1) is 14.3. The van der Waals surface area contributed by atoms with Crippen LogP contribution in [0.2, 0.25) is 0 Å². The van der Waals surface area contributed by atoms with E-state index < -0.39 is 11.6 Å². The number of carbonyl (C=O) groups is 3. The summed E-state index contributed by atoms with van der Waals surface area (Å²) in [5, 5.41) is 2.79. The molecule has 0 aromatic rings. The highest BCUT2D eigenvalue weighted by molar-refractivity contribution is 6.09. The van der Waals surface area contributed by atoms with Crippen LogP contribution in [0, 0.1) is 0 Å². The summed E-state index contributed by atoms with van der Waals surface area (Å²) in [4.78, 5) is 39.5. The van der Waals surface area contributed by atoms with Gasteiger partial charge in [0.05, 0.1) is 12.7 Å². The second-order valence-electron chi connectivity index (χ2n) is 6.13. The summed E-state index contributed by atoms with van der Waals surface area (Å²) >= 11 is 0. The molecule has 1 saturated carbocycles. The maximum absolute atomic E-state index is 12.5. The lowest BCUT2D eigenvalue weighted by Gasteiger charge is -2.32. The number of hydrogen-bond donors (Lipinski definition) is 1. The average Bonchev–Trinajstić information content (AvgIpc) is 3.00. The number of nitrogens with zero attached hydrogens (tertiary/aromatic N) is 2. The minimum Gasteiger partial charge on any atom is -0.375 e. The van der Waals surface area contributed by atoms with Crippen LogP contribution in [0.3, 0.4) is 0 Å². The summed E-state index contributed by atoms with van der Waals surface area (Å²) in [6.45, 7) is 3.25. The number of nitrogens with one attached hydrogen (secondary N) is 1. The number of urea groups is 1. The molecule has 7 nitrogen and oxygen atoms in total. The van der Waals surface area contributed by atoms with Crippen LogP contribution in [0.15, 0.2) is 0 Å². The zero-order valence-corrected chi connectivity index (χ0v) is 12.3. The Hall–Kier alpha value is -1.63. The van der Waals surface area contributed by atoms with E-state index in [0.29, 0.717) is 32.5 Å². The molecule has 3 rings (SSSR count). The van der Waals surface area contributed by atoms with E-state index in [9.17, 15) is 14.4 Å². The van der Waals surface area contributed by atoms with E-state index in [-0.39, 0.29) is 24.5 Å². The van der Waals surface area contributed by atoms with Gasteiger partial charge in [-0.1, -0.05) is 12.8 Å². The Balaban J connectivity index is 1.65. The molecular weight excluding hydrogens is 274 g/mol. The van der Waals surface area contributed by atoms with Gasteiger partial charge in [0.2, 0.25) is 5.91 Å². The van der Waals surface area contributed by atoms with Crippen molar-refractivity contribution in [2.24, 2.45) is 0 Å². The summed E-state index contributed by atoms with van der Waals surface area (Å²) in [5.41, 5.74) is -0.740. The summed E-state index contributed by atoms with van der Waals surface area (Å²) in [5.74, 6) is -0.427. The van der Waals surface area contributed by atoms with Gasteiger partial charge in [0.15, 0.2) is 0 Å². The number of rotatable bonds is 2. The molecule has 1 atom stereocenters. The lowest BCUT2D eigenvalue weighted by atomic mass is 9.98. The van der Waals surface area contributed by atoms with E-state index in [1.165, 1.54) is 0 Å². The van der Waals surface area contributed by atoms with Crippen LogP contribution in [0.25, 0.3) is 0 Å². The highest BCUT2D eigenvalue weighted by Gasteiger charge is 2.52. The van der Waals surface area contributed by atoms with Crippen LogP contribution in [-0.4, -0.2) is 65.5 Å². The van der Waals surface area contributed by atoms with E-state index in [1.54, 1.807) is 4.90 Å². The van der Waals surface area contributed by atoms with Crippen LogP contribution >= 0.6 is 0 Å². The van der Waals surface area contributed by atoms with Crippen LogP contribution < -0.4 is 5.32 Å². The third-order valence-electron chi connectivity index (χ3n) is 4.59. The standard InChI is InChI=1S/C14H21N3O4/c1-10-8-16(6-7-21-10)11(18)9-17-12(19)14(15-13(17)20)4-2-3-5-14/h10H,2-9H2,1H3,(H,15,20). The number of imide groups is 1. The predicted octanol–water partition coefficient (Wildman–Crippen LogP) is 0.0983. The zero-order valence-electron chi connectivity index (χ0n) is 12.3. The van der Waals surface area contributed by atoms with E-state index in [1.807, 2.05) is 6.92 Å². The van der Waals surface area contributed by atoms with Crippen molar-refractivity contribution in [2.75, 3.05) is 26.2 Å². The van der Waals surface area contributed by atoms with Crippen molar-refractivity contribution in [2.45, 2.75) is 44.2 Å². The quantitative estimate of drug-likeness (QED) is 0.733. The van der Waals surface area contributed by atoms with Crippen LogP contribution in [0.1, 0.15) is 32.6 Å². The van der Waals surface area contributed by atoms with Gasteiger partial charge in [-0.05, 0) is 19.8 Å². The third-order valence-corrected chi connectivity index (χ3v) is 4.59. The molecule has 0 aromatic carbocycles. The van der Waals surface area contributed by atoms with Crippen molar-refractivity contribution >= 4 is 17.8 Å². The number of morpholine rings is 1. The largest absolute Gasteiger partial charge is 0.375 e. The molecule has 4 amide bonds. The molecule has 2 heterocycles. The highest BCUT2D eigenvalue weighted by atomic mass is 16.5. The molecule has 3 fully saturated rings. The van der Waals surface area contributed by atoms with Gasteiger partial charge in [0.1, 0.15) is 12.1 Å². The first-order chi connectivity index (χ1) is 10.0. The summed E-state index contributed by atoms with van der Waals surface area (Å²) in [7, 11) is 0. The highest BCUT2D eigenvalue weighted by Crippen LogP contribution is 2.34. The van der Waals surface area contributed by atoms with Gasteiger partial charge >= 0.3 is 6.03 Å². The maximum atomic E-state index is 12.5. The van der Waals surface area contributed by atoms with Crippen LogP contribution in [-0.2, 0) is 14.3 Å². The molecular formula is C14H21N3O4. The third kappa shape index (κ3) is 2.50. The smallest absolute Gasteiger partial charge is 0.325 e. The van der Waals surface area contributed by atoms with E-state index in [0.717, 1.165) is 17.7 Å². The Morgan fingerprint density at radius 3 is 2.76 bits per heavy atom. The molecule has 3 aliphatic rings. The van der Waals surface area contributed by atoms with E-state index in [2.05, 4.69) is 5.32 Å². The lowest BCUT2D eigenvalue weighted by Crippen LogP contribution is -2.50. The maximum Gasteiger partial charge on any atom is 0.325 e. The molecule has 1 spiro atoms. The molecule has 2 saturated heterocycles. The van der Waals surface area contributed by atoms with Crippen LogP contribution in [0.4, 0.5) is 4.79 Å². The Kier molecular flexibility index (Phi) is 3.61. The van der Waals surface area contributed by atoms with Crippen molar-refractivity contribution in [1.29, 1.82) is 0 Å². The van der Waals surface area contributed by atoms with Gasteiger partial charge in [-0.2, -0.15) is 0 Å². The second-order valence-corrected chi connectivity index (χ2v) is 6.13. The van der Waals surface area contributed by atoms with Gasteiger partial charge in [-0.15, -0.1) is 0 Å². The predicted molar refractivity (Wildman–Crippen MR) is 73.4 cm³/mol. The molecule has 0 aromatic heterocycles. The van der Waals surface area contributed by atoms with Crippen molar-refractivity contribution in [3.05, 3.63) is 0 Å². The van der Waals surface area contributed by atoms with E-state index >= 15 is 0 Å². The molecule has 21 heavy (non-hydrogen) atoms. The van der Waals surface area contributed by atoms with Gasteiger partial charge in [-0.3, -0.25) is 14.5 Å². The number of carbonyl (C=O) groups excluding carboxylic acids is 3. The summed E-state index contributed by atoms with van der Waals surface area (Å²) < 4.78 is 5.39. The Bertz CT molecular complexity index is 473. The van der Waals surface area contributed by atoms with Crippen molar-refractivity contribution in [3.63, 3.8) is 0 Å². The van der Waals surface area contributed by atoms with Gasteiger partial charge in [0.25, 0.3) is 5.91 Å². The normalized spacial score (nSPS) is 28.3. The van der Waals surface area contributed by atoms with Crippen molar-refractivity contribution in [3.8, 4) is 0 Å². The first-order valence-corrected chi connectivity index (χ1v) is 7.55. The minimum absolute atomic E-state index is 0.00743. The molecule has 1 aliphatic carbocycles. The van der Waals surface area contributed by atoms with Crippen LogP contribution in [0.5, 0.6) is 0 Å². The molecule has 7 heteroatoms. The molecule has 0 radical (unpaired) electrons. The lowest BCUT2D eigenvalue weighted by molar-refractivity contribution is -0.143. The SMILES string of the molecule is CC1CN(C(=O)CN2C(=O)NC3(CCCC3)C2=O)CCO1. The molecule has 116 valence electrons. The van der Waals surface area contributed by atoms with Gasteiger partial charge in [-0.25, -0.2) is 4.79 Å². The molecule has 1 unspecified atom stereocenters. The minimum atomic E-state index is -0.740. The monoisotopic (exact) mass is 295 g/mol. The topological polar surface area (TPSA) is 79.0 Å². The molecule has 0 bridgehead atoms. The van der Waals surface area contributed by atoms with Gasteiger partial charge in [0, 0.05) is 13.1 Å². The zero-order chi connectivity index (χ0) is 15.0. The Morgan fingerprint density at radius 1 is 1.38 bits per heavy atom.